The number of ether oxygens (including phenoxy) is 3. The predicted octanol–water partition coefficient (Wildman–Crippen LogP) is 4.19. The standard InChI is InChI=1S/C20H36O6/c1-5-9-10-11-12-13-20(17(21)24-14-6-2,18(22)25-15-7-3)19(23)26-16-8-4/h5-16H2,1-4H3. The molecule has 0 radical (unpaired) electrons. The highest BCUT2D eigenvalue weighted by Gasteiger charge is 2.56. The number of hydrogen-bond donors (Lipinski definition) is 0. The van der Waals surface area contributed by atoms with Gasteiger partial charge in [0.05, 0.1) is 19.8 Å². The number of carbonyl (C=O) groups is 3. The van der Waals surface area contributed by atoms with Crippen molar-refractivity contribution >= 4 is 17.9 Å². The number of carbonyl (C=O) groups excluding carboxylic acids is 3. The highest BCUT2D eigenvalue weighted by Crippen LogP contribution is 2.31. The summed E-state index contributed by atoms with van der Waals surface area (Å²) in [6, 6.07) is 0. The molecule has 26 heavy (non-hydrogen) atoms. The van der Waals surface area contributed by atoms with E-state index in [-0.39, 0.29) is 26.2 Å². The van der Waals surface area contributed by atoms with Crippen LogP contribution in [0.3, 0.4) is 0 Å². The van der Waals surface area contributed by atoms with E-state index >= 15 is 0 Å². The summed E-state index contributed by atoms with van der Waals surface area (Å²) in [6.45, 7) is 8.12. The van der Waals surface area contributed by atoms with Crippen LogP contribution in [-0.4, -0.2) is 37.7 Å². The fraction of sp³-hybridized carbons (Fsp3) is 0.850. The third-order valence-electron chi connectivity index (χ3n) is 4.01. The molecule has 0 aromatic rings. The second-order valence-corrected chi connectivity index (χ2v) is 6.48. The quantitative estimate of drug-likeness (QED) is 0.186. The topological polar surface area (TPSA) is 78.9 Å². The van der Waals surface area contributed by atoms with Gasteiger partial charge in [-0.2, -0.15) is 0 Å². The minimum Gasteiger partial charge on any atom is -0.464 e. The maximum absolute atomic E-state index is 12.7. The van der Waals surface area contributed by atoms with Crippen molar-refractivity contribution in [2.24, 2.45) is 5.41 Å². The first-order valence-corrected chi connectivity index (χ1v) is 10.0. The largest absolute Gasteiger partial charge is 0.464 e. The van der Waals surface area contributed by atoms with Gasteiger partial charge in [0.15, 0.2) is 0 Å². The molecule has 0 heterocycles. The van der Waals surface area contributed by atoms with E-state index < -0.39 is 23.3 Å². The lowest BCUT2D eigenvalue weighted by Gasteiger charge is -2.27. The molecule has 6 nitrogen and oxygen atoms in total. The molecule has 0 aromatic heterocycles. The number of rotatable bonds is 15. The SMILES string of the molecule is CCCCCCCC(C(=O)OCCC)(C(=O)OCCC)C(=O)OCCC. The van der Waals surface area contributed by atoms with E-state index in [0.29, 0.717) is 25.7 Å². The molecule has 0 aliphatic carbocycles. The lowest BCUT2D eigenvalue weighted by atomic mass is 9.82. The molecule has 0 aliphatic rings. The zero-order valence-corrected chi connectivity index (χ0v) is 16.9. The van der Waals surface area contributed by atoms with Crippen LogP contribution in [0.1, 0.15) is 85.5 Å². The van der Waals surface area contributed by atoms with Gasteiger partial charge >= 0.3 is 17.9 Å². The van der Waals surface area contributed by atoms with Crippen molar-refractivity contribution in [1.29, 1.82) is 0 Å². The molecule has 0 fully saturated rings. The Labute approximate surface area is 157 Å². The lowest BCUT2D eigenvalue weighted by Crippen LogP contribution is -2.49. The summed E-state index contributed by atoms with van der Waals surface area (Å²) in [5.74, 6) is -2.55. The monoisotopic (exact) mass is 372 g/mol. The van der Waals surface area contributed by atoms with Crippen molar-refractivity contribution in [2.75, 3.05) is 19.8 Å². The summed E-state index contributed by atoms with van der Waals surface area (Å²) >= 11 is 0. The molecule has 0 bridgehead atoms. The van der Waals surface area contributed by atoms with Crippen molar-refractivity contribution in [2.45, 2.75) is 85.5 Å². The van der Waals surface area contributed by atoms with Crippen LogP contribution in [0.15, 0.2) is 0 Å². The molecule has 0 unspecified atom stereocenters. The van der Waals surface area contributed by atoms with Gasteiger partial charge in [0.1, 0.15) is 0 Å². The van der Waals surface area contributed by atoms with Gasteiger partial charge in [0.25, 0.3) is 5.41 Å². The number of hydrogen-bond acceptors (Lipinski definition) is 6. The maximum atomic E-state index is 12.7. The molecule has 0 N–H and O–H groups in total. The van der Waals surface area contributed by atoms with Gasteiger partial charge < -0.3 is 14.2 Å². The number of esters is 3. The van der Waals surface area contributed by atoms with E-state index in [4.69, 9.17) is 14.2 Å². The minimum absolute atomic E-state index is 0.0599. The molecule has 0 rings (SSSR count). The molecule has 0 atom stereocenters. The molecular formula is C20H36O6. The van der Waals surface area contributed by atoms with Crippen LogP contribution in [0.4, 0.5) is 0 Å². The highest BCUT2D eigenvalue weighted by molar-refractivity contribution is 6.17. The van der Waals surface area contributed by atoms with E-state index in [1.807, 2.05) is 20.8 Å². The summed E-state index contributed by atoms with van der Waals surface area (Å²) < 4.78 is 15.6. The first-order chi connectivity index (χ1) is 12.5. The molecule has 0 saturated heterocycles. The van der Waals surface area contributed by atoms with Gasteiger partial charge in [0, 0.05) is 0 Å². The Bertz CT molecular complexity index is 368. The first kappa shape index (κ1) is 24.4. The van der Waals surface area contributed by atoms with E-state index in [9.17, 15) is 14.4 Å². The Balaban J connectivity index is 5.46. The van der Waals surface area contributed by atoms with E-state index in [0.717, 1.165) is 25.7 Å². The summed E-state index contributed by atoms with van der Waals surface area (Å²) in [5, 5.41) is 0. The molecule has 152 valence electrons. The van der Waals surface area contributed by atoms with Crippen LogP contribution in [-0.2, 0) is 28.6 Å². The molecule has 0 amide bonds. The average molecular weight is 373 g/mol. The molecular weight excluding hydrogens is 336 g/mol. The lowest BCUT2D eigenvalue weighted by molar-refractivity contribution is -0.185. The second kappa shape index (κ2) is 14.6. The summed E-state index contributed by atoms with van der Waals surface area (Å²) in [6.07, 6.45) is 6.41. The van der Waals surface area contributed by atoms with E-state index in [1.165, 1.54) is 0 Å². The van der Waals surface area contributed by atoms with Gasteiger partial charge in [-0.05, 0) is 25.7 Å². The van der Waals surface area contributed by atoms with E-state index in [1.54, 1.807) is 0 Å². The Hall–Kier alpha value is -1.59. The van der Waals surface area contributed by atoms with Crippen molar-refractivity contribution < 1.29 is 28.6 Å². The fourth-order valence-corrected chi connectivity index (χ4v) is 2.50. The van der Waals surface area contributed by atoms with Gasteiger partial charge in [0.2, 0.25) is 0 Å². The third kappa shape index (κ3) is 7.75. The summed E-state index contributed by atoms with van der Waals surface area (Å²) in [4.78, 5) is 38.2. The van der Waals surface area contributed by atoms with Crippen LogP contribution < -0.4 is 0 Å². The van der Waals surface area contributed by atoms with Gasteiger partial charge in [-0.15, -0.1) is 0 Å². The predicted molar refractivity (Wildman–Crippen MR) is 99.6 cm³/mol. The fourth-order valence-electron chi connectivity index (χ4n) is 2.50. The van der Waals surface area contributed by atoms with Crippen LogP contribution in [0.25, 0.3) is 0 Å². The van der Waals surface area contributed by atoms with Crippen LogP contribution >= 0.6 is 0 Å². The van der Waals surface area contributed by atoms with Crippen LogP contribution in [0.2, 0.25) is 0 Å². The van der Waals surface area contributed by atoms with Crippen molar-refractivity contribution in [3.63, 3.8) is 0 Å². The molecule has 0 spiro atoms. The summed E-state index contributed by atoms with van der Waals surface area (Å²) in [5.41, 5.74) is -2.01. The first-order valence-electron chi connectivity index (χ1n) is 10.0. The normalized spacial score (nSPS) is 11.1. The Kier molecular flexibility index (Phi) is 13.7. The highest BCUT2D eigenvalue weighted by atomic mass is 16.6. The zero-order chi connectivity index (χ0) is 19.8. The van der Waals surface area contributed by atoms with Crippen LogP contribution in [0.5, 0.6) is 0 Å². The van der Waals surface area contributed by atoms with Crippen molar-refractivity contribution in [1.82, 2.24) is 0 Å². The minimum atomic E-state index is -2.01. The Morgan fingerprint density at radius 2 is 0.962 bits per heavy atom. The van der Waals surface area contributed by atoms with E-state index in [2.05, 4.69) is 6.92 Å². The molecule has 0 aromatic carbocycles. The Morgan fingerprint density at radius 1 is 0.577 bits per heavy atom. The molecule has 0 saturated carbocycles. The smallest absolute Gasteiger partial charge is 0.335 e. The van der Waals surface area contributed by atoms with Crippen molar-refractivity contribution in [3.05, 3.63) is 0 Å². The third-order valence-corrected chi connectivity index (χ3v) is 4.01. The summed E-state index contributed by atoms with van der Waals surface area (Å²) in [7, 11) is 0. The van der Waals surface area contributed by atoms with Gasteiger partial charge in [-0.1, -0.05) is 59.8 Å². The van der Waals surface area contributed by atoms with Gasteiger partial charge in [-0.25, -0.2) is 0 Å². The molecule has 6 heteroatoms. The van der Waals surface area contributed by atoms with Crippen molar-refractivity contribution in [3.8, 4) is 0 Å². The van der Waals surface area contributed by atoms with Gasteiger partial charge in [-0.3, -0.25) is 14.4 Å². The Morgan fingerprint density at radius 3 is 1.31 bits per heavy atom. The maximum Gasteiger partial charge on any atom is 0.335 e. The van der Waals surface area contributed by atoms with Crippen LogP contribution in [0, 0.1) is 5.41 Å². The zero-order valence-electron chi connectivity index (χ0n) is 16.9. The average Bonchev–Trinajstić information content (AvgIpc) is 2.65. The molecule has 0 aliphatic heterocycles. The second-order valence-electron chi connectivity index (χ2n) is 6.48. The number of unbranched alkanes of at least 4 members (excludes halogenated alkanes) is 4.